The van der Waals surface area contributed by atoms with E-state index in [9.17, 15) is 9.59 Å². The summed E-state index contributed by atoms with van der Waals surface area (Å²) in [6.07, 6.45) is -0.0495. The number of urea groups is 1. The van der Waals surface area contributed by atoms with Crippen LogP contribution >= 0.6 is 0 Å². The highest BCUT2D eigenvalue weighted by molar-refractivity contribution is 5.82. The molecule has 0 heterocycles. The first-order valence-corrected chi connectivity index (χ1v) is 5.45. The first kappa shape index (κ1) is 15.7. The van der Waals surface area contributed by atoms with E-state index in [1.165, 1.54) is 4.90 Å². The predicted molar refractivity (Wildman–Crippen MR) is 60.6 cm³/mol. The van der Waals surface area contributed by atoms with Gasteiger partial charge in [-0.05, 0) is 13.8 Å². The minimum atomic E-state index is -1.19. The van der Waals surface area contributed by atoms with Crippen molar-refractivity contribution in [3.63, 3.8) is 0 Å². The molecule has 0 bridgehead atoms. The second-order valence-corrected chi connectivity index (χ2v) is 3.86. The van der Waals surface area contributed by atoms with E-state index in [0.717, 1.165) is 0 Å². The molecule has 4 N–H and O–H groups in total. The lowest BCUT2D eigenvalue weighted by Gasteiger charge is -2.27. The molecule has 0 rings (SSSR count). The highest BCUT2D eigenvalue weighted by Crippen LogP contribution is 2.00. The molecule has 0 aliphatic heterocycles. The minimum absolute atomic E-state index is 0.0495. The molecule has 1 atom stereocenters. The van der Waals surface area contributed by atoms with Crippen LogP contribution in [0.3, 0.4) is 0 Å². The molecule has 0 saturated carbocycles. The van der Waals surface area contributed by atoms with Crippen LogP contribution in [-0.2, 0) is 4.79 Å². The molecule has 0 aromatic rings. The van der Waals surface area contributed by atoms with Gasteiger partial charge in [0, 0.05) is 25.6 Å². The van der Waals surface area contributed by atoms with Gasteiger partial charge in [0.15, 0.2) is 0 Å². The topological polar surface area (TPSA) is 110 Å². The Morgan fingerprint density at radius 2 is 1.82 bits per heavy atom. The van der Waals surface area contributed by atoms with Crippen LogP contribution in [0.25, 0.3) is 0 Å². The average Bonchev–Trinajstić information content (AvgIpc) is 2.24. The van der Waals surface area contributed by atoms with Crippen molar-refractivity contribution >= 4 is 12.0 Å². The number of carbonyl (C=O) groups excluding carboxylic acids is 1. The number of hydrogen-bond donors (Lipinski definition) is 4. The van der Waals surface area contributed by atoms with E-state index >= 15 is 0 Å². The number of nitrogens with zero attached hydrogens (tertiary/aromatic N) is 1. The summed E-state index contributed by atoms with van der Waals surface area (Å²) in [6, 6.07) is -1.83. The third kappa shape index (κ3) is 5.50. The van der Waals surface area contributed by atoms with Gasteiger partial charge in [0.25, 0.3) is 0 Å². The average molecular weight is 248 g/mol. The van der Waals surface area contributed by atoms with Crippen molar-refractivity contribution in [1.82, 2.24) is 10.2 Å². The largest absolute Gasteiger partial charge is 0.480 e. The second-order valence-electron chi connectivity index (χ2n) is 3.86. The van der Waals surface area contributed by atoms with Crippen LogP contribution in [-0.4, -0.2) is 64.1 Å². The molecule has 0 saturated heterocycles. The molecule has 1 unspecified atom stereocenters. The van der Waals surface area contributed by atoms with Crippen molar-refractivity contribution in [3.05, 3.63) is 0 Å². The maximum atomic E-state index is 11.7. The van der Waals surface area contributed by atoms with E-state index in [1.54, 1.807) is 13.8 Å². The normalized spacial score (nSPS) is 12.3. The Hall–Kier alpha value is -1.34. The monoisotopic (exact) mass is 248 g/mol. The summed E-state index contributed by atoms with van der Waals surface area (Å²) in [5, 5.41) is 28.6. The lowest BCUT2D eigenvalue weighted by atomic mass is 10.2. The van der Waals surface area contributed by atoms with Gasteiger partial charge in [-0.2, -0.15) is 0 Å². The number of rotatable bonds is 7. The highest BCUT2D eigenvalue weighted by Gasteiger charge is 2.23. The van der Waals surface area contributed by atoms with Crippen LogP contribution < -0.4 is 5.32 Å². The Kier molecular flexibility index (Phi) is 7.24. The minimum Gasteiger partial charge on any atom is -0.480 e. The van der Waals surface area contributed by atoms with Gasteiger partial charge in [-0.25, -0.2) is 9.59 Å². The van der Waals surface area contributed by atoms with Crippen molar-refractivity contribution in [2.45, 2.75) is 32.4 Å². The molecule has 0 aliphatic carbocycles. The maximum Gasteiger partial charge on any atom is 0.326 e. The van der Waals surface area contributed by atoms with Crippen molar-refractivity contribution in [3.8, 4) is 0 Å². The molecule has 100 valence electrons. The number of nitrogens with one attached hydrogen (secondary N) is 1. The van der Waals surface area contributed by atoms with Gasteiger partial charge < -0.3 is 25.5 Å². The molecule has 0 aromatic heterocycles. The molecule has 7 heteroatoms. The molecule has 17 heavy (non-hydrogen) atoms. The van der Waals surface area contributed by atoms with E-state index in [-0.39, 0.29) is 32.2 Å². The Morgan fingerprint density at radius 1 is 1.24 bits per heavy atom. The molecule has 0 radical (unpaired) electrons. The number of aliphatic hydroxyl groups excluding tert-OH is 2. The lowest BCUT2D eigenvalue weighted by molar-refractivity contribution is -0.139. The quantitative estimate of drug-likeness (QED) is 0.473. The summed E-state index contributed by atoms with van der Waals surface area (Å²) in [5.74, 6) is -1.19. The zero-order chi connectivity index (χ0) is 13.4. The lowest BCUT2D eigenvalue weighted by Crippen LogP contribution is -2.51. The fraction of sp³-hybridized carbons (Fsp3) is 0.800. The number of aliphatic carboxylic acids is 1. The van der Waals surface area contributed by atoms with Gasteiger partial charge in [-0.1, -0.05) is 0 Å². The van der Waals surface area contributed by atoms with Crippen LogP contribution in [0.4, 0.5) is 4.79 Å². The number of carboxylic acids is 1. The fourth-order valence-electron chi connectivity index (χ4n) is 1.32. The van der Waals surface area contributed by atoms with Crippen LogP contribution in [0.1, 0.15) is 20.3 Å². The summed E-state index contributed by atoms with van der Waals surface area (Å²) < 4.78 is 0. The van der Waals surface area contributed by atoms with Gasteiger partial charge in [0.05, 0.1) is 6.61 Å². The van der Waals surface area contributed by atoms with Gasteiger partial charge in [-0.15, -0.1) is 0 Å². The van der Waals surface area contributed by atoms with Crippen LogP contribution in [0, 0.1) is 0 Å². The summed E-state index contributed by atoms with van der Waals surface area (Å²) in [5.41, 5.74) is 0. The van der Waals surface area contributed by atoms with E-state index in [1.807, 2.05) is 0 Å². The zero-order valence-electron chi connectivity index (χ0n) is 10.1. The number of carbonyl (C=O) groups is 2. The van der Waals surface area contributed by atoms with E-state index < -0.39 is 18.0 Å². The number of aliphatic hydroxyl groups is 2. The molecular formula is C10H20N2O5. The summed E-state index contributed by atoms with van der Waals surface area (Å²) >= 11 is 0. The Labute approximate surface area is 100 Å². The molecule has 2 amide bonds. The van der Waals surface area contributed by atoms with Crippen molar-refractivity contribution in [2.75, 3.05) is 19.8 Å². The smallest absolute Gasteiger partial charge is 0.326 e. The maximum absolute atomic E-state index is 11.7. The Morgan fingerprint density at radius 3 is 2.18 bits per heavy atom. The predicted octanol–water partition coefficient (Wildman–Crippen LogP) is -0.766. The fourth-order valence-corrected chi connectivity index (χ4v) is 1.32. The summed E-state index contributed by atoms with van der Waals surface area (Å²) in [4.78, 5) is 23.8. The molecular weight excluding hydrogens is 228 g/mol. The molecule has 7 nitrogen and oxygen atoms in total. The van der Waals surface area contributed by atoms with Gasteiger partial charge in [-0.3, -0.25) is 0 Å². The van der Waals surface area contributed by atoms with Gasteiger partial charge in [0.1, 0.15) is 6.04 Å². The number of carboxylic acid groups (broad SMARTS) is 1. The van der Waals surface area contributed by atoms with Gasteiger partial charge in [0.2, 0.25) is 0 Å². The third-order valence-electron chi connectivity index (χ3n) is 2.24. The summed E-state index contributed by atoms with van der Waals surface area (Å²) in [6.45, 7) is 3.14. The van der Waals surface area contributed by atoms with Gasteiger partial charge >= 0.3 is 12.0 Å². The van der Waals surface area contributed by atoms with Crippen LogP contribution in [0.5, 0.6) is 0 Å². The van der Waals surface area contributed by atoms with Crippen LogP contribution in [0.15, 0.2) is 0 Å². The molecule has 0 fully saturated rings. The first-order valence-electron chi connectivity index (χ1n) is 5.45. The molecule has 0 aromatic carbocycles. The SMILES string of the molecule is CC(C)N(CCO)C(=O)NC(CCO)C(=O)O. The van der Waals surface area contributed by atoms with Crippen LogP contribution in [0.2, 0.25) is 0 Å². The second kappa shape index (κ2) is 7.86. The first-order chi connectivity index (χ1) is 7.93. The third-order valence-corrected chi connectivity index (χ3v) is 2.24. The standard InChI is InChI=1S/C10H20N2O5/c1-7(2)12(4-6-14)10(17)11-8(3-5-13)9(15)16/h7-8,13-14H,3-6H2,1-2H3,(H,11,17)(H,15,16). The highest BCUT2D eigenvalue weighted by atomic mass is 16.4. The van der Waals surface area contributed by atoms with E-state index in [4.69, 9.17) is 15.3 Å². The molecule has 0 aliphatic rings. The summed E-state index contributed by atoms with van der Waals surface area (Å²) in [7, 11) is 0. The van der Waals surface area contributed by atoms with E-state index in [2.05, 4.69) is 5.32 Å². The molecule has 0 spiro atoms. The van der Waals surface area contributed by atoms with Crippen molar-refractivity contribution < 1.29 is 24.9 Å². The van der Waals surface area contributed by atoms with Crippen molar-refractivity contribution in [1.29, 1.82) is 0 Å². The Bertz CT molecular complexity index is 257. The van der Waals surface area contributed by atoms with Crippen molar-refractivity contribution in [2.24, 2.45) is 0 Å². The number of hydrogen-bond acceptors (Lipinski definition) is 4. The number of amides is 2. The Balaban J connectivity index is 4.50. The zero-order valence-corrected chi connectivity index (χ0v) is 10.1. The van der Waals surface area contributed by atoms with E-state index in [0.29, 0.717) is 0 Å².